The van der Waals surface area contributed by atoms with Crippen molar-refractivity contribution in [1.29, 1.82) is 0 Å². The second-order valence-electron chi connectivity index (χ2n) is 6.11. The highest BCUT2D eigenvalue weighted by molar-refractivity contribution is 5.54. The van der Waals surface area contributed by atoms with Crippen LogP contribution < -0.4 is 19.5 Å². The predicted molar refractivity (Wildman–Crippen MR) is 94.0 cm³/mol. The molecule has 25 heavy (non-hydrogen) atoms. The highest BCUT2D eigenvalue weighted by Crippen LogP contribution is 2.40. The molecular formula is C19H23NO5. The fourth-order valence-electron chi connectivity index (χ4n) is 3.38. The minimum atomic E-state index is -0.0889. The van der Waals surface area contributed by atoms with Crippen LogP contribution in [0.15, 0.2) is 24.3 Å². The fourth-order valence-corrected chi connectivity index (χ4v) is 3.38. The summed E-state index contributed by atoms with van der Waals surface area (Å²) in [6.45, 7) is 1.46. The maximum absolute atomic E-state index is 9.86. The van der Waals surface area contributed by atoms with Crippen LogP contribution in [0.1, 0.15) is 22.6 Å². The molecule has 0 bridgehead atoms. The number of methoxy groups -OCH3 is 3. The number of hydrogen-bond acceptors (Lipinski definition) is 6. The molecule has 1 atom stereocenters. The van der Waals surface area contributed by atoms with Crippen LogP contribution in [0.3, 0.4) is 0 Å². The summed E-state index contributed by atoms with van der Waals surface area (Å²) < 4.78 is 16.2. The first-order valence-electron chi connectivity index (χ1n) is 8.11. The van der Waals surface area contributed by atoms with Gasteiger partial charge in [-0.25, -0.2) is 0 Å². The van der Waals surface area contributed by atoms with E-state index in [2.05, 4.69) is 5.32 Å². The first-order chi connectivity index (χ1) is 12.1. The maximum atomic E-state index is 9.86. The molecule has 1 aliphatic rings. The molecule has 6 nitrogen and oxygen atoms in total. The van der Waals surface area contributed by atoms with Crippen molar-refractivity contribution in [3.05, 3.63) is 41.0 Å². The average Bonchev–Trinajstić information content (AvgIpc) is 2.62. The largest absolute Gasteiger partial charge is 0.504 e. The van der Waals surface area contributed by atoms with Crippen molar-refractivity contribution in [1.82, 2.24) is 5.32 Å². The van der Waals surface area contributed by atoms with Gasteiger partial charge in [-0.1, -0.05) is 0 Å². The molecule has 1 aliphatic heterocycles. The van der Waals surface area contributed by atoms with Crippen LogP contribution >= 0.6 is 0 Å². The summed E-state index contributed by atoms with van der Waals surface area (Å²) in [7, 11) is 4.77. The molecule has 6 heteroatoms. The van der Waals surface area contributed by atoms with Crippen molar-refractivity contribution in [2.24, 2.45) is 0 Å². The lowest BCUT2D eigenvalue weighted by Crippen LogP contribution is -2.29. The van der Waals surface area contributed by atoms with Crippen LogP contribution in [-0.2, 0) is 13.0 Å². The molecule has 0 aromatic heterocycles. The normalized spacial score (nSPS) is 16.2. The molecule has 1 unspecified atom stereocenters. The molecular weight excluding hydrogens is 322 g/mol. The lowest BCUT2D eigenvalue weighted by molar-refractivity contribution is 0.323. The minimum Gasteiger partial charge on any atom is -0.504 e. The third kappa shape index (κ3) is 3.30. The van der Waals surface area contributed by atoms with Gasteiger partial charge in [0.25, 0.3) is 0 Å². The van der Waals surface area contributed by atoms with Gasteiger partial charge in [0.1, 0.15) is 0 Å². The van der Waals surface area contributed by atoms with E-state index >= 15 is 0 Å². The Balaban J connectivity index is 1.95. The van der Waals surface area contributed by atoms with Gasteiger partial charge in [-0.2, -0.15) is 0 Å². The van der Waals surface area contributed by atoms with E-state index in [1.807, 2.05) is 12.1 Å². The van der Waals surface area contributed by atoms with E-state index in [9.17, 15) is 10.2 Å². The zero-order valence-electron chi connectivity index (χ0n) is 14.6. The monoisotopic (exact) mass is 345 g/mol. The molecule has 0 radical (unpaired) electrons. The highest BCUT2D eigenvalue weighted by atomic mass is 16.5. The van der Waals surface area contributed by atoms with E-state index in [-0.39, 0.29) is 17.4 Å². The van der Waals surface area contributed by atoms with E-state index < -0.39 is 0 Å². The molecule has 1 heterocycles. The lowest BCUT2D eigenvalue weighted by Gasteiger charge is -2.27. The number of rotatable bonds is 5. The number of benzene rings is 2. The molecule has 0 saturated carbocycles. The molecule has 0 fully saturated rings. The Bertz CT molecular complexity index is 750. The first-order valence-corrected chi connectivity index (χ1v) is 8.11. The molecule has 2 aromatic carbocycles. The quantitative estimate of drug-likeness (QED) is 0.723. The zero-order valence-corrected chi connectivity index (χ0v) is 14.6. The van der Waals surface area contributed by atoms with E-state index in [0.717, 1.165) is 29.7 Å². The summed E-state index contributed by atoms with van der Waals surface area (Å²) in [5, 5.41) is 22.9. The standard InChI is InChI=1S/C19H23NO5/c1-23-17-5-11(6-18(24-2)19(17)25-3)4-12-9-20-10-13-7-15(21)16(22)8-14(12)13/h5-8,12,20-22H,4,9-10H2,1-3H3. The van der Waals surface area contributed by atoms with Crippen LogP contribution in [0.5, 0.6) is 28.7 Å². The molecule has 0 amide bonds. The topological polar surface area (TPSA) is 80.2 Å². The number of ether oxygens (including phenoxy) is 3. The number of hydrogen-bond donors (Lipinski definition) is 3. The van der Waals surface area contributed by atoms with Crippen molar-refractivity contribution in [3.8, 4) is 28.7 Å². The SMILES string of the molecule is COc1cc(CC2CNCc3cc(O)c(O)cc32)cc(OC)c1OC. The first kappa shape index (κ1) is 17.2. The number of phenolic OH excluding ortho intramolecular Hbond substituents is 2. The van der Waals surface area contributed by atoms with Crippen LogP contribution in [0.2, 0.25) is 0 Å². The summed E-state index contributed by atoms with van der Waals surface area (Å²) in [4.78, 5) is 0. The molecule has 0 saturated heterocycles. The second kappa shape index (κ2) is 7.11. The summed E-state index contributed by atoms with van der Waals surface area (Å²) in [6.07, 6.45) is 0.737. The number of nitrogens with one attached hydrogen (secondary N) is 1. The highest BCUT2D eigenvalue weighted by Gasteiger charge is 2.23. The number of phenols is 2. The second-order valence-corrected chi connectivity index (χ2v) is 6.11. The maximum Gasteiger partial charge on any atom is 0.203 e. The van der Waals surface area contributed by atoms with Gasteiger partial charge >= 0.3 is 0 Å². The van der Waals surface area contributed by atoms with Gasteiger partial charge in [-0.15, -0.1) is 0 Å². The van der Waals surface area contributed by atoms with Gasteiger partial charge < -0.3 is 29.7 Å². The Morgan fingerprint density at radius 2 is 1.60 bits per heavy atom. The molecule has 134 valence electrons. The van der Waals surface area contributed by atoms with E-state index in [4.69, 9.17) is 14.2 Å². The fraction of sp³-hybridized carbons (Fsp3) is 0.368. The van der Waals surface area contributed by atoms with Gasteiger partial charge in [0.2, 0.25) is 5.75 Å². The molecule has 0 aliphatic carbocycles. The van der Waals surface area contributed by atoms with Crippen molar-refractivity contribution < 1.29 is 24.4 Å². The zero-order chi connectivity index (χ0) is 18.0. The van der Waals surface area contributed by atoms with E-state index in [1.165, 1.54) is 0 Å². The average molecular weight is 345 g/mol. The molecule has 3 rings (SSSR count). The van der Waals surface area contributed by atoms with Crippen LogP contribution in [-0.4, -0.2) is 38.1 Å². The number of aromatic hydroxyl groups is 2. The summed E-state index contributed by atoms with van der Waals surface area (Å²) in [5.41, 5.74) is 3.09. The van der Waals surface area contributed by atoms with Crippen LogP contribution in [0, 0.1) is 0 Å². The van der Waals surface area contributed by atoms with Gasteiger partial charge in [-0.05, 0) is 47.4 Å². The van der Waals surface area contributed by atoms with E-state index in [1.54, 1.807) is 33.5 Å². The molecule has 2 aromatic rings. The molecule has 0 spiro atoms. The number of fused-ring (bicyclic) bond motifs is 1. The summed E-state index contributed by atoms with van der Waals surface area (Å²) >= 11 is 0. The minimum absolute atomic E-state index is 0.0875. The van der Waals surface area contributed by atoms with Crippen molar-refractivity contribution in [2.45, 2.75) is 18.9 Å². The summed E-state index contributed by atoms with van der Waals surface area (Å²) in [6, 6.07) is 7.17. The Morgan fingerprint density at radius 1 is 0.960 bits per heavy atom. The van der Waals surface area contributed by atoms with Crippen molar-refractivity contribution in [3.63, 3.8) is 0 Å². The Hall–Kier alpha value is -2.60. The third-order valence-corrected chi connectivity index (χ3v) is 4.59. The smallest absolute Gasteiger partial charge is 0.203 e. The van der Waals surface area contributed by atoms with Crippen LogP contribution in [0.25, 0.3) is 0 Å². The molecule has 3 N–H and O–H groups in total. The predicted octanol–water partition coefficient (Wildman–Crippen LogP) is 2.55. The Labute approximate surface area is 147 Å². The van der Waals surface area contributed by atoms with E-state index in [0.29, 0.717) is 23.8 Å². The van der Waals surface area contributed by atoms with Crippen molar-refractivity contribution >= 4 is 0 Å². The Morgan fingerprint density at radius 3 is 2.20 bits per heavy atom. The van der Waals surface area contributed by atoms with Gasteiger partial charge in [0.05, 0.1) is 21.3 Å². The Kier molecular flexibility index (Phi) is 4.90. The third-order valence-electron chi connectivity index (χ3n) is 4.59. The van der Waals surface area contributed by atoms with Gasteiger partial charge in [-0.3, -0.25) is 0 Å². The van der Waals surface area contributed by atoms with Crippen molar-refractivity contribution in [2.75, 3.05) is 27.9 Å². The van der Waals surface area contributed by atoms with Gasteiger partial charge in [0, 0.05) is 19.0 Å². The van der Waals surface area contributed by atoms with Gasteiger partial charge in [0.15, 0.2) is 23.0 Å². The lowest BCUT2D eigenvalue weighted by atomic mass is 9.85. The van der Waals surface area contributed by atoms with Crippen LogP contribution in [0.4, 0.5) is 0 Å². The summed E-state index contributed by atoms with van der Waals surface area (Å²) in [5.74, 6) is 1.80.